The number of aldehydes is 1. The average molecular weight is 155 g/mol. The second-order valence-corrected chi connectivity index (χ2v) is 2.78. The van der Waals surface area contributed by atoms with Gasteiger partial charge < -0.3 is 15.3 Å². The van der Waals surface area contributed by atoms with Gasteiger partial charge in [0.15, 0.2) is 0 Å². The Morgan fingerprint density at radius 2 is 2.45 bits per heavy atom. The fourth-order valence-electron chi connectivity index (χ4n) is 1.33. The topological polar surface area (TPSA) is 52.3 Å². The number of rotatable bonds is 3. The van der Waals surface area contributed by atoms with E-state index in [-0.39, 0.29) is 18.1 Å². The fraction of sp³-hybridized carbons (Fsp3) is 0.625. The highest BCUT2D eigenvalue weighted by atomic mass is 16.5. The van der Waals surface area contributed by atoms with Crippen LogP contribution in [0.3, 0.4) is 0 Å². The Hall–Kier alpha value is -0.670. The van der Waals surface area contributed by atoms with Crippen LogP contribution in [0, 0.1) is 5.92 Å². The predicted molar refractivity (Wildman–Crippen MR) is 42.1 cm³/mol. The summed E-state index contributed by atoms with van der Waals surface area (Å²) in [5, 5.41) is 0. The minimum atomic E-state index is -0.320. The molecule has 0 aliphatic heterocycles. The molecule has 0 bridgehead atoms. The molecule has 1 rings (SSSR count). The number of carbonyl (C=O) groups is 1. The molecular weight excluding hydrogens is 142 g/mol. The number of ether oxygens (including phenoxy) is 1. The smallest absolute Gasteiger partial charge is 0.149 e. The van der Waals surface area contributed by atoms with Gasteiger partial charge in [0, 0.05) is 19.1 Å². The Bertz CT molecular complexity index is 167. The molecule has 3 atom stereocenters. The molecule has 0 amide bonds. The van der Waals surface area contributed by atoms with Crippen LogP contribution in [-0.2, 0) is 9.53 Å². The van der Waals surface area contributed by atoms with Crippen LogP contribution in [-0.4, -0.2) is 25.5 Å². The Morgan fingerprint density at radius 3 is 2.82 bits per heavy atom. The highest BCUT2D eigenvalue weighted by Crippen LogP contribution is 2.20. The normalized spacial score (nSPS) is 32.2. The quantitative estimate of drug-likeness (QED) is 0.464. The number of hydrogen-bond donors (Lipinski definition) is 1. The second kappa shape index (κ2) is 3.64. The van der Waals surface area contributed by atoms with E-state index in [2.05, 4.69) is 0 Å². The highest BCUT2D eigenvalue weighted by Gasteiger charge is 2.23. The molecule has 1 aliphatic rings. The zero-order valence-electron chi connectivity index (χ0n) is 6.57. The molecule has 0 fully saturated rings. The molecule has 62 valence electrons. The van der Waals surface area contributed by atoms with Gasteiger partial charge in [0.1, 0.15) is 12.4 Å². The molecule has 0 aromatic rings. The second-order valence-electron chi connectivity index (χ2n) is 2.78. The van der Waals surface area contributed by atoms with E-state index in [4.69, 9.17) is 10.5 Å². The summed E-state index contributed by atoms with van der Waals surface area (Å²) in [7, 11) is 1.54. The van der Waals surface area contributed by atoms with Gasteiger partial charge in [-0.3, -0.25) is 0 Å². The lowest BCUT2D eigenvalue weighted by molar-refractivity contribution is -0.118. The van der Waals surface area contributed by atoms with Crippen molar-refractivity contribution in [3.63, 3.8) is 0 Å². The third-order valence-electron chi connectivity index (χ3n) is 1.98. The van der Waals surface area contributed by atoms with Crippen LogP contribution in [0.1, 0.15) is 6.42 Å². The van der Waals surface area contributed by atoms with Crippen molar-refractivity contribution in [2.75, 3.05) is 7.11 Å². The highest BCUT2D eigenvalue weighted by molar-refractivity contribution is 5.57. The maximum absolute atomic E-state index is 10.4. The van der Waals surface area contributed by atoms with Crippen molar-refractivity contribution >= 4 is 6.29 Å². The lowest BCUT2D eigenvalue weighted by Gasteiger charge is -2.14. The summed E-state index contributed by atoms with van der Waals surface area (Å²) in [6, 6.07) is 0.0950. The number of hydrogen-bond acceptors (Lipinski definition) is 3. The van der Waals surface area contributed by atoms with Gasteiger partial charge in [0.25, 0.3) is 0 Å². The van der Waals surface area contributed by atoms with Crippen LogP contribution < -0.4 is 5.73 Å². The van der Waals surface area contributed by atoms with Gasteiger partial charge in [-0.15, -0.1) is 0 Å². The summed E-state index contributed by atoms with van der Waals surface area (Å²) in [5.41, 5.74) is 5.61. The van der Waals surface area contributed by atoms with Crippen molar-refractivity contribution < 1.29 is 9.53 Å². The number of nitrogens with two attached hydrogens (primary N) is 1. The van der Waals surface area contributed by atoms with Crippen molar-refractivity contribution in [1.82, 2.24) is 0 Å². The van der Waals surface area contributed by atoms with E-state index in [1.54, 1.807) is 0 Å². The number of methoxy groups -OCH3 is 1. The van der Waals surface area contributed by atoms with E-state index in [1.165, 1.54) is 7.11 Å². The molecule has 0 aromatic heterocycles. The monoisotopic (exact) mass is 155 g/mol. The SMILES string of the molecule is COC(C=O)[C@@H]1C=C[C@H](N)C1. The zero-order valence-corrected chi connectivity index (χ0v) is 6.57. The van der Waals surface area contributed by atoms with Gasteiger partial charge in [-0.05, 0) is 6.42 Å². The first-order valence-corrected chi connectivity index (χ1v) is 3.70. The molecule has 2 N–H and O–H groups in total. The molecule has 0 saturated carbocycles. The Labute approximate surface area is 66.2 Å². The third-order valence-corrected chi connectivity index (χ3v) is 1.98. The molecule has 0 aromatic carbocycles. The zero-order chi connectivity index (χ0) is 8.27. The van der Waals surface area contributed by atoms with E-state index in [1.807, 2.05) is 12.2 Å². The Morgan fingerprint density at radius 1 is 1.73 bits per heavy atom. The summed E-state index contributed by atoms with van der Waals surface area (Å²) in [6.45, 7) is 0. The van der Waals surface area contributed by atoms with Crippen LogP contribution >= 0.6 is 0 Å². The molecular formula is C8H13NO2. The van der Waals surface area contributed by atoms with Crippen molar-refractivity contribution in [3.8, 4) is 0 Å². The molecule has 1 unspecified atom stereocenters. The molecule has 3 nitrogen and oxygen atoms in total. The van der Waals surface area contributed by atoms with Crippen molar-refractivity contribution in [2.24, 2.45) is 11.7 Å². The van der Waals surface area contributed by atoms with Crippen molar-refractivity contribution in [1.29, 1.82) is 0 Å². The summed E-state index contributed by atoms with van der Waals surface area (Å²) in [5.74, 6) is 0.174. The molecule has 11 heavy (non-hydrogen) atoms. The van der Waals surface area contributed by atoms with Gasteiger partial charge in [-0.25, -0.2) is 0 Å². The lowest BCUT2D eigenvalue weighted by atomic mass is 10.0. The molecule has 0 heterocycles. The van der Waals surface area contributed by atoms with Crippen LogP contribution in [0.25, 0.3) is 0 Å². The predicted octanol–water partition coefficient (Wildman–Crippen LogP) is 0.104. The van der Waals surface area contributed by atoms with Crippen molar-refractivity contribution in [3.05, 3.63) is 12.2 Å². The maximum atomic E-state index is 10.4. The minimum Gasteiger partial charge on any atom is -0.373 e. The molecule has 1 aliphatic carbocycles. The van der Waals surface area contributed by atoms with E-state index < -0.39 is 0 Å². The minimum absolute atomic E-state index is 0.0950. The van der Waals surface area contributed by atoms with Gasteiger partial charge in [0.05, 0.1) is 0 Å². The van der Waals surface area contributed by atoms with Crippen LogP contribution in [0.15, 0.2) is 12.2 Å². The van der Waals surface area contributed by atoms with E-state index >= 15 is 0 Å². The van der Waals surface area contributed by atoms with Gasteiger partial charge in [-0.1, -0.05) is 12.2 Å². The van der Waals surface area contributed by atoms with Crippen molar-refractivity contribution in [2.45, 2.75) is 18.6 Å². The van der Waals surface area contributed by atoms with E-state index in [0.29, 0.717) is 0 Å². The summed E-state index contributed by atoms with van der Waals surface area (Å²) < 4.78 is 4.96. The molecule has 0 spiro atoms. The van der Waals surface area contributed by atoms with Crippen LogP contribution in [0.2, 0.25) is 0 Å². The Balaban J connectivity index is 2.48. The third kappa shape index (κ3) is 1.88. The molecule has 0 radical (unpaired) electrons. The van der Waals surface area contributed by atoms with Crippen LogP contribution in [0.5, 0.6) is 0 Å². The summed E-state index contributed by atoms with van der Waals surface area (Å²) in [6.07, 6.45) is 5.19. The van der Waals surface area contributed by atoms with Gasteiger partial charge in [0.2, 0.25) is 0 Å². The summed E-state index contributed by atoms with van der Waals surface area (Å²) in [4.78, 5) is 10.4. The van der Waals surface area contributed by atoms with Gasteiger partial charge in [-0.2, -0.15) is 0 Å². The average Bonchev–Trinajstić information content (AvgIpc) is 2.39. The largest absolute Gasteiger partial charge is 0.373 e. The molecule has 3 heteroatoms. The maximum Gasteiger partial charge on any atom is 0.149 e. The van der Waals surface area contributed by atoms with E-state index in [0.717, 1.165) is 12.7 Å². The Kier molecular flexibility index (Phi) is 2.79. The summed E-state index contributed by atoms with van der Waals surface area (Å²) >= 11 is 0. The molecule has 0 saturated heterocycles. The lowest BCUT2D eigenvalue weighted by Crippen LogP contribution is -2.25. The first-order valence-electron chi connectivity index (χ1n) is 3.70. The van der Waals surface area contributed by atoms with Crippen LogP contribution in [0.4, 0.5) is 0 Å². The first-order chi connectivity index (χ1) is 5.27. The number of carbonyl (C=O) groups excluding carboxylic acids is 1. The first kappa shape index (κ1) is 8.43. The fourth-order valence-corrected chi connectivity index (χ4v) is 1.33. The standard InChI is InChI=1S/C8H13NO2/c1-11-8(5-10)6-2-3-7(9)4-6/h2-3,5-8H,4,9H2,1H3/t6-,7+,8?/m1/s1. The van der Waals surface area contributed by atoms with E-state index in [9.17, 15) is 4.79 Å². The van der Waals surface area contributed by atoms with Gasteiger partial charge >= 0.3 is 0 Å².